The molecule has 21 heavy (non-hydrogen) atoms. The maximum absolute atomic E-state index is 5.32. The molecule has 6 nitrogen and oxygen atoms in total. The average Bonchev–Trinajstić information content (AvgIpc) is 2.97. The van der Waals surface area contributed by atoms with Crippen LogP contribution in [0.5, 0.6) is 0 Å². The van der Waals surface area contributed by atoms with E-state index in [2.05, 4.69) is 52.7 Å². The van der Waals surface area contributed by atoms with Crippen molar-refractivity contribution in [2.75, 3.05) is 0 Å². The van der Waals surface area contributed by atoms with Gasteiger partial charge in [0.25, 0.3) is 0 Å². The van der Waals surface area contributed by atoms with Crippen LogP contribution in [-0.4, -0.2) is 25.7 Å². The van der Waals surface area contributed by atoms with Gasteiger partial charge in [-0.25, -0.2) is 4.98 Å². The molecule has 2 aromatic rings. The van der Waals surface area contributed by atoms with Crippen LogP contribution in [0.4, 0.5) is 0 Å². The van der Waals surface area contributed by atoms with E-state index in [1.165, 1.54) is 5.69 Å². The van der Waals surface area contributed by atoms with E-state index in [1.807, 2.05) is 20.2 Å². The van der Waals surface area contributed by atoms with Crippen LogP contribution in [0.2, 0.25) is 0 Å². The Balaban J connectivity index is 2.05. The summed E-state index contributed by atoms with van der Waals surface area (Å²) in [6, 6.07) is 0.336. The standard InChI is InChI=1S/C15H25N5O/c1-9(2)14(15-18-13(6)19-21-15)17-10(3)7-20-8-16-11(4)12(20)5/h8-10,14,17H,7H2,1-6H3/t10-,14+/m1/s1. The Labute approximate surface area is 126 Å². The Kier molecular flexibility index (Phi) is 4.77. The van der Waals surface area contributed by atoms with Crippen LogP contribution in [0.15, 0.2) is 10.9 Å². The van der Waals surface area contributed by atoms with Gasteiger partial charge in [-0.15, -0.1) is 0 Å². The van der Waals surface area contributed by atoms with Crippen LogP contribution < -0.4 is 5.32 Å². The summed E-state index contributed by atoms with van der Waals surface area (Å²) in [5.41, 5.74) is 2.29. The molecule has 0 aromatic carbocycles. The quantitative estimate of drug-likeness (QED) is 0.886. The molecule has 0 fully saturated rings. The molecule has 0 spiro atoms. The van der Waals surface area contributed by atoms with E-state index in [0.29, 0.717) is 17.6 Å². The lowest BCUT2D eigenvalue weighted by molar-refractivity contribution is 0.265. The zero-order valence-corrected chi connectivity index (χ0v) is 13.7. The second-order valence-corrected chi connectivity index (χ2v) is 6.04. The second kappa shape index (κ2) is 6.39. The van der Waals surface area contributed by atoms with Crippen LogP contribution in [0.3, 0.4) is 0 Å². The van der Waals surface area contributed by atoms with Crippen LogP contribution >= 0.6 is 0 Å². The smallest absolute Gasteiger partial charge is 0.244 e. The minimum atomic E-state index is 0.0612. The Morgan fingerprint density at radius 1 is 1.24 bits per heavy atom. The molecule has 2 atom stereocenters. The van der Waals surface area contributed by atoms with E-state index in [0.717, 1.165) is 12.2 Å². The first-order chi connectivity index (χ1) is 9.88. The largest absolute Gasteiger partial charge is 0.338 e. The fraction of sp³-hybridized carbons (Fsp3) is 0.667. The number of hydrogen-bond acceptors (Lipinski definition) is 5. The van der Waals surface area contributed by atoms with E-state index in [-0.39, 0.29) is 12.1 Å². The van der Waals surface area contributed by atoms with Gasteiger partial charge in [-0.3, -0.25) is 0 Å². The second-order valence-electron chi connectivity index (χ2n) is 6.04. The first-order valence-electron chi connectivity index (χ1n) is 7.43. The van der Waals surface area contributed by atoms with Gasteiger partial charge in [-0.2, -0.15) is 4.98 Å². The fourth-order valence-corrected chi connectivity index (χ4v) is 2.37. The number of imidazole rings is 1. The molecule has 2 heterocycles. The van der Waals surface area contributed by atoms with Gasteiger partial charge in [0.2, 0.25) is 5.89 Å². The molecule has 2 rings (SSSR count). The van der Waals surface area contributed by atoms with Gasteiger partial charge in [-0.1, -0.05) is 19.0 Å². The summed E-state index contributed by atoms with van der Waals surface area (Å²) in [4.78, 5) is 8.69. The molecule has 2 aromatic heterocycles. The lowest BCUT2D eigenvalue weighted by atomic mass is 10.0. The summed E-state index contributed by atoms with van der Waals surface area (Å²) in [7, 11) is 0. The van der Waals surface area contributed by atoms with Gasteiger partial charge < -0.3 is 14.4 Å². The maximum atomic E-state index is 5.32. The summed E-state index contributed by atoms with van der Waals surface area (Å²) in [6.45, 7) is 13.3. The lowest BCUT2D eigenvalue weighted by Crippen LogP contribution is -2.36. The van der Waals surface area contributed by atoms with Gasteiger partial charge in [0.05, 0.1) is 18.1 Å². The third-order valence-electron chi connectivity index (χ3n) is 3.76. The zero-order valence-electron chi connectivity index (χ0n) is 13.7. The number of nitrogens with zero attached hydrogens (tertiary/aromatic N) is 4. The summed E-state index contributed by atoms with van der Waals surface area (Å²) in [6.07, 6.45) is 1.89. The first kappa shape index (κ1) is 15.7. The molecular weight excluding hydrogens is 266 g/mol. The van der Waals surface area contributed by atoms with Crippen molar-refractivity contribution in [3.8, 4) is 0 Å². The number of hydrogen-bond donors (Lipinski definition) is 1. The van der Waals surface area contributed by atoms with Crippen molar-refractivity contribution in [2.45, 2.75) is 60.2 Å². The molecule has 0 unspecified atom stereocenters. The number of nitrogens with one attached hydrogen (secondary N) is 1. The highest BCUT2D eigenvalue weighted by Crippen LogP contribution is 2.21. The van der Waals surface area contributed by atoms with Crippen LogP contribution in [0.1, 0.15) is 49.9 Å². The molecule has 0 aliphatic rings. The summed E-state index contributed by atoms with van der Waals surface area (Å²) < 4.78 is 7.49. The fourth-order valence-electron chi connectivity index (χ4n) is 2.37. The van der Waals surface area contributed by atoms with Crippen molar-refractivity contribution in [3.05, 3.63) is 29.4 Å². The van der Waals surface area contributed by atoms with Crippen LogP contribution in [-0.2, 0) is 6.54 Å². The van der Waals surface area contributed by atoms with E-state index < -0.39 is 0 Å². The molecule has 0 bridgehead atoms. The van der Waals surface area contributed by atoms with Crippen molar-refractivity contribution in [2.24, 2.45) is 5.92 Å². The molecule has 116 valence electrons. The van der Waals surface area contributed by atoms with Crippen LogP contribution in [0, 0.1) is 26.7 Å². The molecule has 1 N–H and O–H groups in total. The average molecular weight is 291 g/mol. The minimum Gasteiger partial charge on any atom is -0.338 e. The minimum absolute atomic E-state index is 0.0612. The highest BCUT2D eigenvalue weighted by atomic mass is 16.5. The molecule has 0 saturated heterocycles. The van der Waals surface area contributed by atoms with Crippen molar-refractivity contribution in [1.29, 1.82) is 0 Å². The van der Waals surface area contributed by atoms with Gasteiger partial charge in [0, 0.05) is 18.3 Å². The molecule has 0 amide bonds. The zero-order chi connectivity index (χ0) is 15.6. The summed E-state index contributed by atoms with van der Waals surface area (Å²) in [5, 5.41) is 7.47. The number of aryl methyl sites for hydroxylation is 2. The SMILES string of the molecule is Cc1noc([C@@H](N[C@H](C)Cn2cnc(C)c2C)C(C)C)n1. The molecule has 0 saturated carbocycles. The Morgan fingerprint density at radius 2 is 1.95 bits per heavy atom. The van der Waals surface area contributed by atoms with Crippen molar-refractivity contribution >= 4 is 0 Å². The monoisotopic (exact) mass is 291 g/mol. The van der Waals surface area contributed by atoms with E-state index in [1.54, 1.807) is 0 Å². The van der Waals surface area contributed by atoms with Crippen molar-refractivity contribution in [3.63, 3.8) is 0 Å². The number of aromatic nitrogens is 4. The highest BCUT2D eigenvalue weighted by Gasteiger charge is 2.23. The predicted molar refractivity (Wildman–Crippen MR) is 80.9 cm³/mol. The molecule has 0 radical (unpaired) electrons. The van der Waals surface area contributed by atoms with Crippen molar-refractivity contribution < 1.29 is 4.52 Å². The van der Waals surface area contributed by atoms with Gasteiger partial charge in [-0.05, 0) is 33.6 Å². The summed E-state index contributed by atoms with van der Waals surface area (Å²) >= 11 is 0. The normalized spacial score (nSPS) is 14.6. The molecular formula is C15H25N5O. The molecule has 0 aliphatic heterocycles. The third kappa shape index (κ3) is 3.69. The first-order valence-corrected chi connectivity index (χ1v) is 7.43. The van der Waals surface area contributed by atoms with E-state index >= 15 is 0 Å². The highest BCUT2D eigenvalue weighted by molar-refractivity contribution is 5.08. The predicted octanol–water partition coefficient (Wildman–Crippen LogP) is 2.57. The third-order valence-corrected chi connectivity index (χ3v) is 3.76. The Bertz CT molecular complexity index is 587. The van der Waals surface area contributed by atoms with Crippen molar-refractivity contribution in [1.82, 2.24) is 25.0 Å². The Hall–Kier alpha value is -1.69. The van der Waals surface area contributed by atoms with E-state index in [9.17, 15) is 0 Å². The van der Waals surface area contributed by atoms with Crippen LogP contribution in [0.25, 0.3) is 0 Å². The molecule has 0 aliphatic carbocycles. The summed E-state index contributed by atoms with van der Waals surface area (Å²) in [5.74, 6) is 1.71. The van der Waals surface area contributed by atoms with Gasteiger partial charge in [0.15, 0.2) is 5.82 Å². The van der Waals surface area contributed by atoms with E-state index in [4.69, 9.17) is 4.52 Å². The Morgan fingerprint density at radius 3 is 2.43 bits per heavy atom. The van der Waals surface area contributed by atoms with Gasteiger partial charge in [0.1, 0.15) is 0 Å². The molecule has 6 heteroatoms. The van der Waals surface area contributed by atoms with Gasteiger partial charge >= 0.3 is 0 Å². The lowest BCUT2D eigenvalue weighted by Gasteiger charge is -2.24. The topological polar surface area (TPSA) is 68.8 Å². The maximum Gasteiger partial charge on any atom is 0.244 e. The number of rotatable bonds is 6.